The highest BCUT2D eigenvalue weighted by Crippen LogP contribution is 2.16. The van der Waals surface area contributed by atoms with Gasteiger partial charge in [-0.15, -0.1) is 0 Å². The van der Waals surface area contributed by atoms with E-state index in [-0.39, 0.29) is 6.04 Å². The second-order valence-corrected chi connectivity index (χ2v) is 4.67. The molecule has 0 aliphatic heterocycles. The lowest BCUT2D eigenvalue weighted by molar-refractivity contribution is 0.198. The molecular weight excluding hydrogens is 226 g/mol. The van der Waals surface area contributed by atoms with Crippen molar-refractivity contribution in [2.24, 2.45) is 5.73 Å². The molecule has 1 unspecified atom stereocenters. The van der Waals surface area contributed by atoms with Crippen molar-refractivity contribution in [3.05, 3.63) is 24.3 Å². The molecule has 5 nitrogen and oxygen atoms in total. The topological polar surface area (TPSA) is 58.3 Å². The van der Waals surface area contributed by atoms with Crippen LogP contribution < -0.4 is 5.73 Å². The van der Waals surface area contributed by atoms with Gasteiger partial charge in [-0.3, -0.25) is 4.90 Å². The van der Waals surface area contributed by atoms with Gasteiger partial charge in [-0.2, -0.15) is 0 Å². The Morgan fingerprint density at radius 1 is 1.33 bits per heavy atom. The fraction of sp³-hybridized carbons (Fsp3) is 0.692. The van der Waals surface area contributed by atoms with Crippen LogP contribution in [0.5, 0.6) is 0 Å². The van der Waals surface area contributed by atoms with Crippen LogP contribution in [0.4, 0.5) is 0 Å². The molecule has 2 N–H and O–H groups in total. The number of rotatable bonds is 8. The van der Waals surface area contributed by atoms with Crippen molar-refractivity contribution < 1.29 is 0 Å². The van der Waals surface area contributed by atoms with Gasteiger partial charge in [0, 0.05) is 19.3 Å². The normalized spacial score (nSPS) is 13.2. The number of hydrogen-bond donors (Lipinski definition) is 1. The molecule has 1 atom stereocenters. The minimum atomic E-state index is 0.195. The Morgan fingerprint density at radius 2 is 2.11 bits per heavy atom. The Kier molecular flexibility index (Phi) is 6.78. The first-order valence-electron chi connectivity index (χ1n) is 6.53. The summed E-state index contributed by atoms with van der Waals surface area (Å²) < 4.78 is 0. The highest BCUT2D eigenvalue weighted by molar-refractivity contribution is 5.05. The molecule has 0 spiro atoms. The molecule has 0 fully saturated rings. The van der Waals surface area contributed by atoms with E-state index in [9.17, 15) is 0 Å². The highest BCUT2D eigenvalue weighted by Gasteiger charge is 2.18. The third-order valence-electron chi connectivity index (χ3n) is 3.07. The minimum Gasteiger partial charge on any atom is -0.329 e. The van der Waals surface area contributed by atoms with Crippen molar-refractivity contribution in [2.45, 2.75) is 19.4 Å². The Bertz CT molecular complexity index is 314. The molecule has 1 aromatic rings. The van der Waals surface area contributed by atoms with Gasteiger partial charge in [0.1, 0.15) is 6.33 Å². The zero-order valence-electron chi connectivity index (χ0n) is 11.7. The summed E-state index contributed by atoms with van der Waals surface area (Å²) in [5.41, 5.74) is 6.91. The first-order chi connectivity index (χ1) is 8.69. The Labute approximate surface area is 110 Å². The molecule has 0 bridgehead atoms. The summed E-state index contributed by atoms with van der Waals surface area (Å²) in [6, 6.07) is 2.15. The SMILES string of the molecule is CCN(CCCN(C)C)C(CN)c1ccncn1. The van der Waals surface area contributed by atoms with Gasteiger partial charge in [0.05, 0.1) is 11.7 Å². The molecule has 0 aromatic carbocycles. The van der Waals surface area contributed by atoms with E-state index in [1.54, 1.807) is 12.5 Å². The summed E-state index contributed by atoms with van der Waals surface area (Å²) in [5.74, 6) is 0. The number of aromatic nitrogens is 2. The van der Waals surface area contributed by atoms with Crippen molar-refractivity contribution in [3.63, 3.8) is 0 Å². The van der Waals surface area contributed by atoms with Crippen molar-refractivity contribution in [1.29, 1.82) is 0 Å². The fourth-order valence-corrected chi connectivity index (χ4v) is 2.08. The number of nitrogens with two attached hydrogens (primary N) is 1. The van der Waals surface area contributed by atoms with Crippen LogP contribution in [0.3, 0.4) is 0 Å². The Balaban J connectivity index is 2.60. The molecule has 0 saturated carbocycles. The van der Waals surface area contributed by atoms with Crippen molar-refractivity contribution >= 4 is 0 Å². The van der Waals surface area contributed by atoms with E-state index in [0.29, 0.717) is 6.54 Å². The zero-order valence-corrected chi connectivity index (χ0v) is 11.7. The number of nitrogens with zero attached hydrogens (tertiary/aromatic N) is 4. The molecule has 5 heteroatoms. The average Bonchev–Trinajstić information content (AvgIpc) is 2.38. The summed E-state index contributed by atoms with van der Waals surface area (Å²) >= 11 is 0. The van der Waals surface area contributed by atoms with E-state index in [0.717, 1.165) is 31.7 Å². The smallest absolute Gasteiger partial charge is 0.115 e. The molecule has 0 aliphatic rings. The first-order valence-corrected chi connectivity index (χ1v) is 6.53. The van der Waals surface area contributed by atoms with E-state index in [4.69, 9.17) is 5.73 Å². The van der Waals surface area contributed by atoms with E-state index < -0.39 is 0 Å². The summed E-state index contributed by atoms with van der Waals surface area (Å²) in [4.78, 5) is 12.9. The van der Waals surface area contributed by atoms with Gasteiger partial charge < -0.3 is 10.6 Å². The van der Waals surface area contributed by atoms with Crippen molar-refractivity contribution in [3.8, 4) is 0 Å². The fourth-order valence-electron chi connectivity index (χ4n) is 2.08. The van der Waals surface area contributed by atoms with Crippen molar-refractivity contribution in [2.75, 3.05) is 40.3 Å². The maximum absolute atomic E-state index is 5.90. The molecule has 0 saturated heterocycles. The Hall–Kier alpha value is -1.04. The van der Waals surface area contributed by atoms with Crippen LogP contribution in [0, 0.1) is 0 Å². The summed E-state index contributed by atoms with van der Waals surface area (Å²) in [5, 5.41) is 0. The second kappa shape index (κ2) is 8.13. The lowest BCUT2D eigenvalue weighted by Gasteiger charge is -2.29. The molecular formula is C13H25N5. The second-order valence-electron chi connectivity index (χ2n) is 4.67. The van der Waals surface area contributed by atoms with Gasteiger partial charge in [-0.1, -0.05) is 6.92 Å². The van der Waals surface area contributed by atoms with Gasteiger partial charge in [-0.05, 0) is 39.7 Å². The van der Waals surface area contributed by atoms with E-state index in [2.05, 4.69) is 40.8 Å². The third-order valence-corrected chi connectivity index (χ3v) is 3.07. The lowest BCUT2D eigenvalue weighted by atomic mass is 10.1. The van der Waals surface area contributed by atoms with E-state index >= 15 is 0 Å². The largest absolute Gasteiger partial charge is 0.329 e. The monoisotopic (exact) mass is 251 g/mol. The molecule has 1 heterocycles. The minimum absolute atomic E-state index is 0.195. The molecule has 0 radical (unpaired) electrons. The van der Waals surface area contributed by atoms with Gasteiger partial charge in [0.25, 0.3) is 0 Å². The van der Waals surface area contributed by atoms with Gasteiger partial charge in [-0.25, -0.2) is 9.97 Å². The van der Waals surface area contributed by atoms with Crippen LogP contribution in [0.2, 0.25) is 0 Å². The predicted molar refractivity (Wildman–Crippen MR) is 74.2 cm³/mol. The summed E-state index contributed by atoms with van der Waals surface area (Å²) in [6.07, 6.45) is 4.51. The maximum Gasteiger partial charge on any atom is 0.115 e. The van der Waals surface area contributed by atoms with Gasteiger partial charge in [0.15, 0.2) is 0 Å². The van der Waals surface area contributed by atoms with E-state index in [1.807, 2.05) is 6.07 Å². The molecule has 18 heavy (non-hydrogen) atoms. The van der Waals surface area contributed by atoms with Crippen molar-refractivity contribution in [1.82, 2.24) is 19.8 Å². The van der Waals surface area contributed by atoms with Crippen LogP contribution in [-0.2, 0) is 0 Å². The number of hydrogen-bond acceptors (Lipinski definition) is 5. The molecule has 0 aliphatic carbocycles. The molecule has 0 amide bonds. The Morgan fingerprint density at radius 3 is 2.61 bits per heavy atom. The third kappa shape index (κ3) is 4.68. The lowest BCUT2D eigenvalue weighted by Crippen LogP contribution is -2.36. The molecule has 1 rings (SSSR count). The quantitative estimate of drug-likeness (QED) is 0.739. The first kappa shape index (κ1) is 15.0. The van der Waals surface area contributed by atoms with Crippen LogP contribution in [0.1, 0.15) is 25.1 Å². The standard InChI is InChI=1S/C13H25N5/c1-4-18(9-5-8-17(2)3)13(10-14)12-6-7-15-11-16-12/h6-7,11,13H,4-5,8-10,14H2,1-3H3. The van der Waals surface area contributed by atoms with Crippen LogP contribution in [-0.4, -0.2) is 60.0 Å². The number of likely N-dealkylation sites (N-methyl/N-ethyl adjacent to an activating group) is 1. The van der Waals surface area contributed by atoms with Crippen LogP contribution in [0.15, 0.2) is 18.6 Å². The highest BCUT2D eigenvalue weighted by atomic mass is 15.2. The van der Waals surface area contributed by atoms with Crippen LogP contribution >= 0.6 is 0 Å². The average molecular weight is 251 g/mol. The van der Waals surface area contributed by atoms with E-state index in [1.165, 1.54) is 0 Å². The predicted octanol–water partition coefficient (Wildman–Crippen LogP) is 0.750. The zero-order chi connectivity index (χ0) is 13.4. The van der Waals surface area contributed by atoms with Crippen LogP contribution in [0.25, 0.3) is 0 Å². The molecule has 102 valence electrons. The van der Waals surface area contributed by atoms with Gasteiger partial charge >= 0.3 is 0 Å². The summed E-state index contributed by atoms with van der Waals surface area (Å²) in [6.45, 7) is 5.88. The molecule has 1 aromatic heterocycles. The summed E-state index contributed by atoms with van der Waals surface area (Å²) in [7, 11) is 4.20. The van der Waals surface area contributed by atoms with Gasteiger partial charge in [0.2, 0.25) is 0 Å². The maximum atomic E-state index is 5.90.